The summed E-state index contributed by atoms with van der Waals surface area (Å²) >= 11 is 0. The number of hydrogen-bond donors (Lipinski definition) is 3. The molecule has 2 heterocycles. The van der Waals surface area contributed by atoms with E-state index in [4.69, 9.17) is 9.47 Å². The first-order valence-corrected chi connectivity index (χ1v) is 10.6. The van der Waals surface area contributed by atoms with Crippen LogP contribution in [0.15, 0.2) is 48.5 Å². The Bertz CT molecular complexity index is 840. The quantitative estimate of drug-likeness (QED) is 0.618. The number of aliphatic hydroxyl groups is 1. The van der Waals surface area contributed by atoms with Gasteiger partial charge in [0, 0.05) is 12.2 Å². The van der Waals surface area contributed by atoms with Crippen LogP contribution in [0.3, 0.4) is 0 Å². The van der Waals surface area contributed by atoms with E-state index >= 15 is 0 Å². The minimum Gasteiger partial charge on any atom is -0.486 e. The van der Waals surface area contributed by atoms with Crippen LogP contribution < -0.4 is 20.1 Å². The molecule has 0 bridgehead atoms. The zero-order valence-electron chi connectivity index (χ0n) is 17.0. The maximum atomic E-state index is 12.6. The van der Waals surface area contributed by atoms with Gasteiger partial charge in [0.2, 0.25) is 5.91 Å². The summed E-state index contributed by atoms with van der Waals surface area (Å²) in [6.45, 7) is 3.74. The van der Waals surface area contributed by atoms with Gasteiger partial charge in [-0.2, -0.15) is 0 Å². The molecule has 0 spiro atoms. The lowest BCUT2D eigenvalue weighted by atomic mass is 10.0. The predicted octanol–water partition coefficient (Wildman–Crippen LogP) is 2.18. The standard InChI is InChI=1S/C23H29N3O4/c27-22(15-24-18-6-2-1-3-7-18)25-19(16-26-10-4-5-11-26)23(28)17-8-9-20-21(14-17)30-13-12-29-20/h1-3,6-9,14,19,23-24,28H,4-5,10-13,15-16H2,(H,25,27)/t19-,23+/m1/s1. The van der Waals surface area contributed by atoms with E-state index in [-0.39, 0.29) is 12.5 Å². The number of nitrogens with zero attached hydrogens (tertiary/aromatic N) is 1. The smallest absolute Gasteiger partial charge is 0.239 e. The number of carbonyl (C=O) groups excluding carboxylic acids is 1. The first-order valence-electron chi connectivity index (χ1n) is 10.6. The highest BCUT2D eigenvalue weighted by Crippen LogP contribution is 2.33. The minimum atomic E-state index is -0.845. The fourth-order valence-corrected chi connectivity index (χ4v) is 3.94. The van der Waals surface area contributed by atoms with Crippen LogP contribution in [0, 0.1) is 0 Å². The maximum Gasteiger partial charge on any atom is 0.239 e. The molecule has 1 amide bonds. The van der Waals surface area contributed by atoms with Crippen molar-refractivity contribution in [3.05, 3.63) is 54.1 Å². The van der Waals surface area contributed by atoms with Crippen molar-refractivity contribution < 1.29 is 19.4 Å². The first-order chi connectivity index (χ1) is 14.7. The van der Waals surface area contributed by atoms with E-state index < -0.39 is 12.1 Å². The number of likely N-dealkylation sites (tertiary alicyclic amines) is 1. The van der Waals surface area contributed by atoms with Crippen molar-refractivity contribution in [1.82, 2.24) is 10.2 Å². The summed E-state index contributed by atoms with van der Waals surface area (Å²) in [5.74, 6) is 1.17. The topological polar surface area (TPSA) is 83.1 Å². The van der Waals surface area contributed by atoms with Gasteiger partial charge < -0.3 is 30.1 Å². The molecule has 0 aliphatic carbocycles. The fourth-order valence-electron chi connectivity index (χ4n) is 3.94. The maximum absolute atomic E-state index is 12.6. The second kappa shape index (κ2) is 9.82. The van der Waals surface area contributed by atoms with Crippen molar-refractivity contribution in [3.8, 4) is 11.5 Å². The Morgan fingerprint density at radius 2 is 1.77 bits per heavy atom. The van der Waals surface area contributed by atoms with E-state index in [1.165, 1.54) is 0 Å². The van der Waals surface area contributed by atoms with Gasteiger partial charge in [0.15, 0.2) is 11.5 Å². The molecule has 2 aliphatic heterocycles. The molecule has 0 aromatic heterocycles. The minimum absolute atomic E-state index is 0.147. The molecule has 0 unspecified atom stereocenters. The average Bonchev–Trinajstić information content (AvgIpc) is 3.30. The van der Waals surface area contributed by atoms with E-state index in [1.54, 1.807) is 0 Å². The van der Waals surface area contributed by atoms with Crippen molar-refractivity contribution in [3.63, 3.8) is 0 Å². The number of carbonyl (C=O) groups is 1. The van der Waals surface area contributed by atoms with Crippen molar-refractivity contribution in [1.29, 1.82) is 0 Å². The molecule has 160 valence electrons. The third-order valence-corrected chi connectivity index (χ3v) is 5.52. The molecule has 3 N–H and O–H groups in total. The SMILES string of the molecule is O=C(CNc1ccccc1)N[C@H](CN1CCCC1)[C@@H](O)c1ccc2c(c1)OCCO2. The molecule has 2 aromatic carbocycles. The summed E-state index contributed by atoms with van der Waals surface area (Å²) in [7, 11) is 0. The highest BCUT2D eigenvalue weighted by Gasteiger charge is 2.27. The van der Waals surface area contributed by atoms with Gasteiger partial charge in [-0.05, 0) is 55.8 Å². The molecule has 2 aromatic rings. The van der Waals surface area contributed by atoms with E-state index in [0.29, 0.717) is 36.8 Å². The number of ether oxygens (including phenoxy) is 2. The number of para-hydroxylation sites is 1. The number of fused-ring (bicyclic) bond motifs is 1. The third kappa shape index (κ3) is 5.23. The highest BCUT2D eigenvalue weighted by molar-refractivity contribution is 5.81. The molecule has 2 atom stereocenters. The van der Waals surface area contributed by atoms with Crippen LogP contribution in [0.5, 0.6) is 11.5 Å². The van der Waals surface area contributed by atoms with E-state index in [2.05, 4.69) is 15.5 Å². The van der Waals surface area contributed by atoms with Gasteiger partial charge in [-0.15, -0.1) is 0 Å². The molecule has 1 saturated heterocycles. The second-order valence-corrected chi connectivity index (χ2v) is 7.75. The van der Waals surface area contributed by atoms with Crippen LogP contribution in [0.25, 0.3) is 0 Å². The lowest BCUT2D eigenvalue weighted by Gasteiger charge is -2.29. The van der Waals surface area contributed by atoms with Gasteiger partial charge in [0.1, 0.15) is 19.3 Å². The summed E-state index contributed by atoms with van der Waals surface area (Å²) in [6, 6.07) is 14.6. The molecular weight excluding hydrogens is 382 g/mol. The number of aliphatic hydroxyl groups excluding tert-OH is 1. The van der Waals surface area contributed by atoms with Crippen LogP contribution in [0.2, 0.25) is 0 Å². The van der Waals surface area contributed by atoms with Gasteiger partial charge in [0.05, 0.1) is 12.6 Å². The molecule has 0 radical (unpaired) electrons. The zero-order valence-corrected chi connectivity index (χ0v) is 17.0. The predicted molar refractivity (Wildman–Crippen MR) is 115 cm³/mol. The Hall–Kier alpha value is -2.77. The van der Waals surface area contributed by atoms with Gasteiger partial charge in [-0.1, -0.05) is 24.3 Å². The number of benzene rings is 2. The van der Waals surface area contributed by atoms with Crippen molar-refractivity contribution in [2.75, 3.05) is 44.7 Å². The van der Waals surface area contributed by atoms with Crippen molar-refractivity contribution in [2.45, 2.75) is 25.0 Å². The van der Waals surface area contributed by atoms with Crippen LogP contribution in [-0.2, 0) is 4.79 Å². The van der Waals surface area contributed by atoms with Crippen LogP contribution in [0.1, 0.15) is 24.5 Å². The first kappa shape index (κ1) is 20.5. The van der Waals surface area contributed by atoms with E-state index in [1.807, 2.05) is 48.5 Å². The Balaban J connectivity index is 1.43. The van der Waals surface area contributed by atoms with Crippen LogP contribution in [0.4, 0.5) is 5.69 Å². The monoisotopic (exact) mass is 411 g/mol. The zero-order chi connectivity index (χ0) is 20.8. The fraction of sp³-hybridized carbons (Fsp3) is 0.435. The van der Waals surface area contributed by atoms with Crippen LogP contribution >= 0.6 is 0 Å². The van der Waals surface area contributed by atoms with Gasteiger partial charge >= 0.3 is 0 Å². The van der Waals surface area contributed by atoms with Gasteiger partial charge in [0.25, 0.3) is 0 Å². The Morgan fingerprint density at radius 1 is 1.03 bits per heavy atom. The van der Waals surface area contributed by atoms with Crippen molar-refractivity contribution >= 4 is 11.6 Å². The summed E-state index contributed by atoms with van der Waals surface area (Å²) < 4.78 is 11.2. The summed E-state index contributed by atoms with van der Waals surface area (Å²) in [5.41, 5.74) is 1.59. The average molecular weight is 412 g/mol. The number of amides is 1. The lowest BCUT2D eigenvalue weighted by Crippen LogP contribution is -2.48. The lowest BCUT2D eigenvalue weighted by molar-refractivity contribution is -0.121. The molecular formula is C23H29N3O4. The Labute approximate surface area is 177 Å². The van der Waals surface area contributed by atoms with E-state index in [0.717, 1.165) is 31.6 Å². The third-order valence-electron chi connectivity index (χ3n) is 5.52. The van der Waals surface area contributed by atoms with Gasteiger partial charge in [-0.25, -0.2) is 0 Å². The Kier molecular flexibility index (Phi) is 6.71. The largest absolute Gasteiger partial charge is 0.486 e. The second-order valence-electron chi connectivity index (χ2n) is 7.75. The summed E-state index contributed by atoms with van der Waals surface area (Å²) in [6.07, 6.45) is 1.45. The number of rotatable bonds is 8. The summed E-state index contributed by atoms with van der Waals surface area (Å²) in [4.78, 5) is 14.9. The number of anilines is 1. The normalized spacial score (nSPS) is 17.9. The number of hydrogen-bond acceptors (Lipinski definition) is 6. The molecule has 2 aliphatic rings. The molecule has 4 rings (SSSR count). The Morgan fingerprint density at radius 3 is 2.53 bits per heavy atom. The molecule has 0 saturated carbocycles. The number of nitrogens with one attached hydrogen (secondary N) is 2. The van der Waals surface area contributed by atoms with Gasteiger partial charge in [-0.3, -0.25) is 4.79 Å². The van der Waals surface area contributed by atoms with Crippen LogP contribution in [-0.4, -0.2) is 61.3 Å². The molecule has 7 heteroatoms. The molecule has 30 heavy (non-hydrogen) atoms. The summed E-state index contributed by atoms with van der Waals surface area (Å²) in [5, 5.41) is 17.3. The highest BCUT2D eigenvalue weighted by atomic mass is 16.6. The van der Waals surface area contributed by atoms with E-state index in [9.17, 15) is 9.90 Å². The molecule has 7 nitrogen and oxygen atoms in total. The van der Waals surface area contributed by atoms with Crippen molar-refractivity contribution in [2.24, 2.45) is 0 Å². The molecule has 1 fully saturated rings.